The molecule has 2 N–H and O–H groups in total. The lowest BCUT2D eigenvalue weighted by atomic mass is 9.82. The number of aliphatic carboxylic acids is 1. The summed E-state index contributed by atoms with van der Waals surface area (Å²) in [5.41, 5.74) is -0.227. The van der Waals surface area contributed by atoms with E-state index in [9.17, 15) is 14.7 Å². The van der Waals surface area contributed by atoms with Gasteiger partial charge in [-0.05, 0) is 39.5 Å². The molecule has 0 aromatic carbocycles. The SMILES string of the molecule is CC1(C)CC(NC(=O)C2CC=CCC2C(=O)O)CCO1. The monoisotopic (exact) mass is 281 g/mol. The molecule has 0 aromatic heterocycles. The van der Waals surface area contributed by atoms with Crippen LogP contribution in [-0.4, -0.2) is 35.2 Å². The first-order chi connectivity index (χ1) is 9.39. The second-order valence-corrected chi connectivity index (χ2v) is 6.30. The van der Waals surface area contributed by atoms with E-state index in [2.05, 4.69) is 5.32 Å². The van der Waals surface area contributed by atoms with Crippen LogP contribution in [0, 0.1) is 11.8 Å². The summed E-state index contributed by atoms with van der Waals surface area (Å²) in [6.07, 6.45) is 6.24. The normalized spacial score (nSPS) is 32.6. The van der Waals surface area contributed by atoms with Gasteiger partial charge in [0, 0.05) is 12.6 Å². The van der Waals surface area contributed by atoms with Crippen LogP contribution in [-0.2, 0) is 14.3 Å². The third-order valence-corrected chi connectivity index (χ3v) is 4.13. The summed E-state index contributed by atoms with van der Waals surface area (Å²) >= 11 is 0. The van der Waals surface area contributed by atoms with Crippen LogP contribution in [0.2, 0.25) is 0 Å². The van der Waals surface area contributed by atoms with Crippen LogP contribution in [0.25, 0.3) is 0 Å². The van der Waals surface area contributed by atoms with E-state index < -0.39 is 17.8 Å². The van der Waals surface area contributed by atoms with Crippen LogP contribution in [0.15, 0.2) is 12.2 Å². The first-order valence-corrected chi connectivity index (χ1v) is 7.21. The van der Waals surface area contributed by atoms with Crippen molar-refractivity contribution >= 4 is 11.9 Å². The number of hydrogen-bond donors (Lipinski definition) is 2. The lowest BCUT2D eigenvalue weighted by Gasteiger charge is -2.36. The minimum absolute atomic E-state index is 0.0756. The summed E-state index contributed by atoms with van der Waals surface area (Å²) in [7, 11) is 0. The fourth-order valence-corrected chi connectivity index (χ4v) is 3.04. The van der Waals surface area contributed by atoms with Crippen molar-refractivity contribution in [3.05, 3.63) is 12.2 Å². The maximum atomic E-state index is 12.3. The minimum atomic E-state index is -0.887. The molecule has 1 heterocycles. The van der Waals surface area contributed by atoms with Gasteiger partial charge in [-0.1, -0.05) is 12.2 Å². The summed E-state index contributed by atoms with van der Waals surface area (Å²) in [5, 5.41) is 12.2. The van der Waals surface area contributed by atoms with Crippen molar-refractivity contribution in [1.82, 2.24) is 5.32 Å². The highest BCUT2D eigenvalue weighted by atomic mass is 16.5. The largest absolute Gasteiger partial charge is 0.481 e. The zero-order valence-corrected chi connectivity index (χ0v) is 12.1. The molecule has 0 bridgehead atoms. The maximum absolute atomic E-state index is 12.3. The van der Waals surface area contributed by atoms with Crippen LogP contribution < -0.4 is 5.32 Å². The van der Waals surface area contributed by atoms with E-state index in [0.29, 0.717) is 19.4 Å². The molecule has 3 atom stereocenters. The summed E-state index contributed by atoms with van der Waals surface area (Å²) < 4.78 is 5.63. The van der Waals surface area contributed by atoms with E-state index in [-0.39, 0.29) is 17.6 Å². The Morgan fingerprint density at radius 2 is 1.90 bits per heavy atom. The van der Waals surface area contributed by atoms with Crippen molar-refractivity contribution in [1.29, 1.82) is 0 Å². The number of hydrogen-bond acceptors (Lipinski definition) is 3. The number of rotatable bonds is 3. The molecule has 5 nitrogen and oxygen atoms in total. The average molecular weight is 281 g/mol. The molecule has 0 saturated carbocycles. The van der Waals surface area contributed by atoms with Crippen molar-refractivity contribution in [2.75, 3.05) is 6.61 Å². The fraction of sp³-hybridized carbons (Fsp3) is 0.733. The molecule has 1 fully saturated rings. The highest BCUT2D eigenvalue weighted by Crippen LogP contribution is 2.28. The van der Waals surface area contributed by atoms with Gasteiger partial charge in [-0.25, -0.2) is 0 Å². The molecule has 2 aliphatic rings. The predicted molar refractivity (Wildman–Crippen MR) is 74.2 cm³/mol. The van der Waals surface area contributed by atoms with Crippen molar-refractivity contribution in [2.24, 2.45) is 11.8 Å². The number of ether oxygens (including phenoxy) is 1. The number of carbonyl (C=O) groups excluding carboxylic acids is 1. The molecule has 112 valence electrons. The zero-order chi connectivity index (χ0) is 14.8. The summed E-state index contributed by atoms with van der Waals surface area (Å²) in [4.78, 5) is 23.6. The lowest BCUT2D eigenvalue weighted by molar-refractivity contribution is -0.148. The summed E-state index contributed by atoms with van der Waals surface area (Å²) in [6.45, 7) is 4.65. The molecule has 20 heavy (non-hydrogen) atoms. The molecule has 1 amide bonds. The molecule has 0 spiro atoms. The lowest BCUT2D eigenvalue weighted by Crippen LogP contribution is -2.49. The predicted octanol–water partition coefficient (Wildman–Crippen LogP) is 1.73. The van der Waals surface area contributed by atoms with E-state index in [4.69, 9.17) is 4.74 Å². The van der Waals surface area contributed by atoms with E-state index >= 15 is 0 Å². The van der Waals surface area contributed by atoms with Gasteiger partial charge in [-0.15, -0.1) is 0 Å². The van der Waals surface area contributed by atoms with Gasteiger partial charge in [0.25, 0.3) is 0 Å². The maximum Gasteiger partial charge on any atom is 0.307 e. The van der Waals surface area contributed by atoms with E-state index in [1.807, 2.05) is 26.0 Å². The third-order valence-electron chi connectivity index (χ3n) is 4.13. The minimum Gasteiger partial charge on any atom is -0.481 e. The van der Waals surface area contributed by atoms with Gasteiger partial charge < -0.3 is 15.2 Å². The standard InChI is InChI=1S/C15H23NO4/c1-15(2)9-10(7-8-20-15)16-13(17)11-5-3-4-6-12(11)14(18)19/h3-4,10-12H,5-9H2,1-2H3,(H,16,17)(H,18,19). The van der Waals surface area contributed by atoms with Gasteiger partial charge in [-0.2, -0.15) is 0 Å². The molecule has 1 saturated heterocycles. The second kappa shape index (κ2) is 5.95. The van der Waals surface area contributed by atoms with Crippen LogP contribution in [0.1, 0.15) is 39.5 Å². The quantitative estimate of drug-likeness (QED) is 0.772. The second-order valence-electron chi connectivity index (χ2n) is 6.30. The first-order valence-electron chi connectivity index (χ1n) is 7.21. The van der Waals surface area contributed by atoms with E-state index in [1.54, 1.807) is 0 Å². The summed E-state index contributed by atoms with van der Waals surface area (Å²) in [5.74, 6) is -2.08. The van der Waals surface area contributed by atoms with Gasteiger partial charge in [0.1, 0.15) is 0 Å². The Kier molecular flexibility index (Phi) is 4.48. The van der Waals surface area contributed by atoms with Gasteiger partial charge in [-0.3, -0.25) is 9.59 Å². The topological polar surface area (TPSA) is 75.6 Å². The number of carboxylic acid groups (broad SMARTS) is 1. The molecule has 3 unspecified atom stereocenters. The van der Waals surface area contributed by atoms with Crippen molar-refractivity contribution in [2.45, 2.75) is 51.2 Å². The molecular weight excluding hydrogens is 258 g/mol. The van der Waals surface area contributed by atoms with Crippen LogP contribution in [0.4, 0.5) is 0 Å². The highest BCUT2D eigenvalue weighted by molar-refractivity contribution is 5.85. The molecule has 1 aliphatic carbocycles. The Balaban J connectivity index is 1.97. The average Bonchev–Trinajstić information content (AvgIpc) is 2.37. The Bertz CT molecular complexity index is 416. The van der Waals surface area contributed by atoms with Crippen molar-refractivity contribution in [3.8, 4) is 0 Å². The molecule has 0 aromatic rings. The fourth-order valence-electron chi connectivity index (χ4n) is 3.04. The van der Waals surface area contributed by atoms with Crippen LogP contribution in [0.5, 0.6) is 0 Å². The van der Waals surface area contributed by atoms with Crippen LogP contribution >= 0.6 is 0 Å². The molecule has 1 aliphatic heterocycles. The van der Waals surface area contributed by atoms with Gasteiger partial charge >= 0.3 is 5.97 Å². The Morgan fingerprint density at radius 1 is 1.25 bits per heavy atom. The smallest absolute Gasteiger partial charge is 0.307 e. The van der Waals surface area contributed by atoms with E-state index in [1.165, 1.54) is 0 Å². The number of nitrogens with one attached hydrogen (secondary N) is 1. The Labute approximate surface area is 119 Å². The molecule has 0 radical (unpaired) electrons. The van der Waals surface area contributed by atoms with Gasteiger partial charge in [0.2, 0.25) is 5.91 Å². The van der Waals surface area contributed by atoms with Crippen LogP contribution in [0.3, 0.4) is 0 Å². The molecule has 5 heteroatoms. The summed E-state index contributed by atoms with van der Waals surface area (Å²) in [6, 6.07) is 0.0756. The van der Waals surface area contributed by atoms with E-state index in [0.717, 1.165) is 12.8 Å². The number of carboxylic acids is 1. The molecular formula is C15H23NO4. The zero-order valence-electron chi connectivity index (χ0n) is 12.1. The first kappa shape index (κ1) is 15.0. The number of allylic oxidation sites excluding steroid dienone is 2. The number of carbonyl (C=O) groups is 2. The highest BCUT2D eigenvalue weighted by Gasteiger charge is 2.36. The Morgan fingerprint density at radius 3 is 2.50 bits per heavy atom. The molecule has 2 rings (SSSR count). The Hall–Kier alpha value is -1.36. The number of amides is 1. The third kappa shape index (κ3) is 3.60. The van der Waals surface area contributed by atoms with Crippen molar-refractivity contribution < 1.29 is 19.4 Å². The van der Waals surface area contributed by atoms with Crippen molar-refractivity contribution in [3.63, 3.8) is 0 Å². The van der Waals surface area contributed by atoms with Gasteiger partial charge in [0.15, 0.2) is 0 Å². The van der Waals surface area contributed by atoms with Gasteiger partial charge in [0.05, 0.1) is 17.4 Å².